The average molecular weight is 158 g/mol. The zero-order chi connectivity index (χ0) is 8.74. The van der Waals surface area contributed by atoms with Gasteiger partial charge in [-0.3, -0.25) is 0 Å². The van der Waals surface area contributed by atoms with Crippen LogP contribution in [0.25, 0.3) is 0 Å². The SMILES string of the molecule is CC.CCC1(C)CCCOC1. The van der Waals surface area contributed by atoms with Crippen LogP contribution in [-0.2, 0) is 4.74 Å². The van der Waals surface area contributed by atoms with E-state index in [0.717, 1.165) is 13.2 Å². The van der Waals surface area contributed by atoms with Crippen molar-refractivity contribution >= 4 is 0 Å². The first kappa shape index (κ1) is 11.0. The van der Waals surface area contributed by atoms with Crippen molar-refractivity contribution in [1.29, 1.82) is 0 Å². The van der Waals surface area contributed by atoms with Gasteiger partial charge >= 0.3 is 0 Å². The largest absolute Gasteiger partial charge is 0.381 e. The van der Waals surface area contributed by atoms with E-state index in [1.165, 1.54) is 19.3 Å². The van der Waals surface area contributed by atoms with Crippen molar-refractivity contribution in [2.45, 2.75) is 47.0 Å². The lowest BCUT2D eigenvalue weighted by Gasteiger charge is -2.31. The molecule has 0 spiro atoms. The zero-order valence-electron chi connectivity index (χ0n) is 8.44. The Kier molecular flexibility index (Phi) is 5.57. The van der Waals surface area contributed by atoms with E-state index >= 15 is 0 Å². The molecule has 68 valence electrons. The molecule has 0 aliphatic carbocycles. The molecule has 1 saturated heterocycles. The smallest absolute Gasteiger partial charge is 0.0519 e. The Labute approximate surface area is 71.1 Å². The molecule has 1 aliphatic heterocycles. The second-order valence-electron chi connectivity index (χ2n) is 3.32. The fraction of sp³-hybridized carbons (Fsp3) is 1.00. The van der Waals surface area contributed by atoms with E-state index in [-0.39, 0.29) is 0 Å². The Morgan fingerprint density at radius 2 is 2.00 bits per heavy atom. The Balaban J connectivity index is 0.000000461. The summed E-state index contributed by atoms with van der Waals surface area (Å²) in [5, 5.41) is 0. The van der Waals surface area contributed by atoms with Gasteiger partial charge in [-0.25, -0.2) is 0 Å². The number of rotatable bonds is 1. The molecule has 1 heterocycles. The summed E-state index contributed by atoms with van der Waals surface area (Å²) in [6.45, 7) is 10.5. The van der Waals surface area contributed by atoms with Crippen LogP contribution >= 0.6 is 0 Å². The molecule has 1 rings (SSSR count). The van der Waals surface area contributed by atoms with Crippen LogP contribution < -0.4 is 0 Å². The standard InChI is InChI=1S/C8H16O.C2H6/c1-3-8(2)5-4-6-9-7-8;1-2/h3-7H2,1-2H3;1-2H3. The summed E-state index contributed by atoms with van der Waals surface area (Å²) >= 11 is 0. The molecule has 1 aliphatic rings. The van der Waals surface area contributed by atoms with Gasteiger partial charge in [0.15, 0.2) is 0 Å². The van der Waals surface area contributed by atoms with Crippen LogP contribution in [-0.4, -0.2) is 13.2 Å². The molecule has 0 bridgehead atoms. The summed E-state index contributed by atoms with van der Waals surface area (Å²) in [5.41, 5.74) is 0.498. The number of ether oxygens (including phenoxy) is 1. The second kappa shape index (κ2) is 5.59. The summed E-state index contributed by atoms with van der Waals surface area (Å²) in [6, 6.07) is 0. The predicted molar refractivity (Wildman–Crippen MR) is 49.8 cm³/mol. The highest BCUT2D eigenvalue weighted by Gasteiger charge is 2.24. The third kappa shape index (κ3) is 3.76. The monoisotopic (exact) mass is 158 g/mol. The Hall–Kier alpha value is -0.0400. The van der Waals surface area contributed by atoms with Crippen molar-refractivity contribution in [2.75, 3.05) is 13.2 Å². The quantitative estimate of drug-likeness (QED) is 0.569. The van der Waals surface area contributed by atoms with E-state index in [1.807, 2.05) is 13.8 Å². The lowest BCUT2D eigenvalue weighted by atomic mass is 9.82. The number of hydrogen-bond donors (Lipinski definition) is 0. The fourth-order valence-corrected chi connectivity index (χ4v) is 1.27. The summed E-state index contributed by atoms with van der Waals surface area (Å²) in [4.78, 5) is 0. The second-order valence-corrected chi connectivity index (χ2v) is 3.32. The van der Waals surface area contributed by atoms with Gasteiger partial charge in [0, 0.05) is 6.61 Å². The lowest BCUT2D eigenvalue weighted by Crippen LogP contribution is -2.27. The molecular weight excluding hydrogens is 136 g/mol. The predicted octanol–water partition coefficient (Wildman–Crippen LogP) is 3.24. The molecule has 11 heavy (non-hydrogen) atoms. The average Bonchev–Trinajstić information content (AvgIpc) is 2.10. The van der Waals surface area contributed by atoms with E-state index in [0.29, 0.717) is 5.41 Å². The molecular formula is C10H22O. The summed E-state index contributed by atoms with van der Waals surface area (Å²) in [6.07, 6.45) is 3.86. The van der Waals surface area contributed by atoms with Gasteiger partial charge in [-0.1, -0.05) is 27.7 Å². The van der Waals surface area contributed by atoms with E-state index in [1.54, 1.807) is 0 Å². The fourth-order valence-electron chi connectivity index (χ4n) is 1.27. The summed E-state index contributed by atoms with van der Waals surface area (Å²) in [7, 11) is 0. The van der Waals surface area contributed by atoms with Crippen molar-refractivity contribution in [3.05, 3.63) is 0 Å². The normalized spacial score (nSPS) is 30.5. The molecule has 1 fully saturated rings. The molecule has 0 saturated carbocycles. The molecule has 0 amide bonds. The summed E-state index contributed by atoms with van der Waals surface area (Å²) < 4.78 is 5.38. The Morgan fingerprint density at radius 3 is 2.27 bits per heavy atom. The van der Waals surface area contributed by atoms with E-state index in [9.17, 15) is 0 Å². The van der Waals surface area contributed by atoms with Crippen LogP contribution in [0, 0.1) is 5.41 Å². The highest BCUT2D eigenvalue weighted by molar-refractivity contribution is 4.74. The molecule has 1 unspecified atom stereocenters. The minimum absolute atomic E-state index is 0.498. The van der Waals surface area contributed by atoms with Gasteiger partial charge < -0.3 is 4.74 Å². The van der Waals surface area contributed by atoms with Crippen LogP contribution in [0.2, 0.25) is 0 Å². The molecule has 0 aromatic heterocycles. The van der Waals surface area contributed by atoms with Gasteiger partial charge in [0.2, 0.25) is 0 Å². The topological polar surface area (TPSA) is 9.23 Å². The van der Waals surface area contributed by atoms with Crippen molar-refractivity contribution in [2.24, 2.45) is 5.41 Å². The zero-order valence-corrected chi connectivity index (χ0v) is 8.44. The number of hydrogen-bond acceptors (Lipinski definition) is 1. The first-order valence-electron chi connectivity index (χ1n) is 4.85. The first-order chi connectivity index (χ1) is 5.27. The summed E-state index contributed by atoms with van der Waals surface area (Å²) in [5.74, 6) is 0. The van der Waals surface area contributed by atoms with Crippen LogP contribution in [0.15, 0.2) is 0 Å². The molecule has 0 N–H and O–H groups in total. The molecule has 1 nitrogen and oxygen atoms in total. The maximum atomic E-state index is 5.38. The Bertz CT molecular complexity index is 82.9. The third-order valence-electron chi connectivity index (χ3n) is 2.37. The highest BCUT2D eigenvalue weighted by atomic mass is 16.5. The van der Waals surface area contributed by atoms with E-state index in [4.69, 9.17) is 4.74 Å². The van der Waals surface area contributed by atoms with Crippen molar-refractivity contribution in [3.63, 3.8) is 0 Å². The molecule has 0 radical (unpaired) electrons. The van der Waals surface area contributed by atoms with E-state index < -0.39 is 0 Å². The Morgan fingerprint density at radius 1 is 1.36 bits per heavy atom. The first-order valence-corrected chi connectivity index (χ1v) is 4.85. The van der Waals surface area contributed by atoms with Crippen LogP contribution in [0.1, 0.15) is 47.0 Å². The van der Waals surface area contributed by atoms with Crippen molar-refractivity contribution in [1.82, 2.24) is 0 Å². The lowest BCUT2D eigenvalue weighted by molar-refractivity contribution is 0.000642. The van der Waals surface area contributed by atoms with Crippen molar-refractivity contribution in [3.8, 4) is 0 Å². The van der Waals surface area contributed by atoms with E-state index in [2.05, 4.69) is 13.8 Å². The van der Waals surface area contributed by atoms with Crippen molar-refractivity contribution < 1.29 is 4.74 Å². The molecule has 0 aromatic rings. The van der Waals surface area contributed by atoms with Crippen LogP contribution in [0.3, 0.4) is 0 Å². The van der Waals surface area contributed by atoms with Gasteiger partial charge in [-0.15, -0.1) is 0 Å². The highest BCUT2D eigenvalue weighted by Crippen LogP contribution is 2.30. The molecule has 1 heteroatoms. The third-order valence-corrected chi connectivity index (χ3v) is 2.37. The minimum Gasteiger partial charge on any atom is -0.381 e. The minimum atomic E-state index is 0.498. The van der Waals surface area contributed by atoms with Crippen LogP contribution in [0.4, 0.5) is 0 Å². The van der Waals surface area contributed by atoms with Gasteiger partial charge in [0.05, 0.1) is 6.61 Å². The van der Waals surface area contributed by atoms with Gasteiger partial charge in [0.25, 0.3) is 0 Å². The van der Waals surface area contributed by atoms with Gasteiger partial charge in [-0.05, 0) is 24.7 Å². The molecule has 1 atom stereocenters. The van der Waals surface area contributed by atoms with Gasteiger partial charge in [0.1, 0.15) is 0 Å². The van der Waals surface area contributed by atoms with Crippen LogP contribution in [0.5, 0.6) is 0 Å². The maximum absolute atomic E-state index is 5.38. The maximum Gasteiger partial charge on any atom is 0.0519 e. The molecule has 0 aromatic carbocycles. The van der Waals surface area contributed by atoms with Gasteiger partial charge in [-0.2, -0.15) is 0 Å².